The molecular weight excluding hydrogens is 162 g/mol. The maximum atomic E-state index is 9.32. The van der Waals surface area contributed by atoms with Crippen molar-refractivity contribution in [3.8, 4) is 5.75 Å². The smallest absolute Gasteiger partial charge is 0.115 e. The number of hydrogen-bond donors (Lipinski definition) is 2. The molecule has 0 radical (unpaired) electrons. The molecule has 2 heteroatoms. The molecule has 1 aromatic rings. The molecule has 0 aromatic heterocycles. The van der Waals surface area contributed by atoms with E-state index in [-0.39, 0.29) is 6.04 Å². The molecule has 2 nitrogen and oxygen atoms in total. The van der Waals surface area contributed by atoms with Crippen molar-refractivity contribution in [1.29, 1.82) is 0 Å². The third-order valence-corrected chi connectivity index (χ3v) is 2.35. The van der Waals surface area contributed by atoms with Gasteiger partial charge in [0.05, 0.1) is 0 Å². The monoisotopic (exact) mass is 179 g/mol. The first-order chi connectivity index (χ1) is 6.19. The molecule has 72 valence electrons. The first-order valence-electron chi connectivity index (χ1n) is 4.76. The molecule has 1 rings (SSSR count). The van der Waals surface area contributed by atoms with Crippen LogP contribution in [0.3, 0.4) is 0 Å². The molecule has 0 heterocycles. The second kappa shape index (κ2) is 4.28. The molecule has 0 saturated carbocycles. The number of phenolic OH excluding ortho intramolecular Hbond substituents is 1. The lowest BCUT2D eigenvalue weighted by molar-refractivity contribution is 0.473. The Morgan fingerprint density at radius 2 is 2.08 bits per heavy atom. The maximum absolute atomic E-state index is 9.32. The van der Waals surface area contributed by atoms with Gasteiger partial charge in [-0.15, -0.1) is 0 Å². The fraction of sp³-hybridized carbons (Fsp3) is 0.455. The summed E-state index contributed by atoms with van der Waals surface area (Å²) in [6, 6.07) is 5.47. The zero-order valence-electron chi connectivity index (χ0n) is 8.25. The molecule has 1 atom stereocenters. The second-order valence-corrected chi connectivity index (χ2v) is 3.25. The quantitative estimate of drug-likeness (QED) is 0.748. The molecule has 0 unspecified atom stereocenters. The van der Waals surface area contributed by atoms with Crippen LogP contribution in [0, 0.1) is 0 Å². The molecule has 0 amide bonds. The van der Waals surface area contributed by atoms with Gasteiger partial charge in [-0.3, -0.25) is 0 Å². The molecule has 0 fully saturated rings. The van der Waals surface area contributed by atoms with Gasteiger partial charge in [-0.2, -0.15) is 0 Å². The average Bonchev–Trinajstić information content (AvgIpc) is 2.16. The normalized spacial score (nSPS) is 12.8. The highest BCUT2D eigenvalue weighted by molar-refractivity contribution is 5.36. The van der Waals surface area contributed by atoms with Gasteiger partial charge < -0.3 is 10.8 Å². The van der Waals surface area contributed by atoms with Crippen LogP contribution in [0.1, 0.15) is 37.4 Å². The Morgan fingerprint density at radius 1 is 1.38 bits per heavy atom. The van der Waals surface area contributed by atoms with E-state index in [0.29, 0.717) is 5.75 Å². The summed E-state index contributed by atoms with van der Waals surface area (Å²) in [6.07, 6.45) is 1.86. The molecule has 0 saturated heterocycles. The summed E-state index contributed by atoms with van der Waals surface area (Å²) in [5, 5.41) is 9.32. The maximum Gasteiger partial charge on any atom is 0.115 e. The third-order valence-electron chi connectivity index (χ3n) is 2.35. The van der Waals surface area contributed by atoms with Crippen LogP contribution >= 0.6 is 0 Å². The van der Waals surface area contributed by atoms with Gasteiger partial charge in [0.1, 0.15) is 5.75 Å². The van der Waals surface area contributed by atoms with E-state index in [2.05, 4.69) is 6.92 Å². The lowest BCUT2D eigenvalue weighted by Gasteiger charge is -2.14. The molecule has 3 N–H and O–H groups in total. The molecule has 0 aliphatic carbocycles. The van der Waals surface area contributed by atoms with Gasteiger partial charge in [-0.25, -0.2) is 0 Å². The van der Waals surface area contributed by atoms with E-state index in [1.165, 1.54) is 5.56 Å². The Hall–Kier alpha value is -1.02. The van der Waals surface area contributed by atoms with Crippen LogP contribution in [0.5, 0.6) is 5.75 Å². The summed E-state index contributed by atoms with van der Waals surface area (Å²) in [6.45, 7) is 4.15. The standard InChI is InChI=1S/C11H17NO/c1-3-8-5-6-9(13)7-10(8)11(12)4-2/h5-7,11,13H,3-4,12H2,1-2H3/t11-/m0/s1. The van der Waals surface area contributed by atoms with Gasteiger partial charge in [0.25, 0.3) is 0 Å². The third kappa shape index (κ3) is 2.22. The summed E-state index contributed by atoms with van der Waals surface area (Å²) in [4.78, 5) is 0. The number of nitrogens with two attached hydrogens (primary N) is 1. The Kier molecular flexibility index (Phi) is 3.32. The van der Waals surface area contributed by atoms with Crippen LogP contribution in [0.15, 0.2) is 18.2 Å². The van der Waals surface area contributed by atoms with Crippen molar-refractivity contribution in [1.82, 2.24) is 0 Å². The van der Waals surface area contributed by atoms with Crippen LogP contribution in [0.25, 0.3) is 0 Å². The zero-order chi connectivity index (χ0) is 9.84. The van der Waals surface area contributed by atoms with Crippen molar-refractivity contribution in [2.45, 2.75) is 32.7 Å². The highest BCUT2D eigenvalue weighted by Gasteiger charge is 2.08. The summed E-state index contributed by atoms with van der Waals surface area (Å²) < 4.78 is 0. The Morgan fingerprint density at radius 3 is 2.62 bits per heavy atom. The minimum absolute atomic E-state index is 0.0436. The minimum atomic E-state index is 0.0436. The van der Waals surface area contributed by atoms with Gasteiger partial charge in [0.2, 0.25) is 0 Å². The van der Waals surface area contributed by atoms with E-state index < -0.39 is 0 Å². The van der Waals surface area contributed by atoms with Crippen molar-refractivity contribution in [2.75, 3.05) is 0 Å². The van der Waals surface area contributed by atoms with Gasteiger partial charge >= 0.3 is 0 Å². The Labute approximate surface area is 79.4 Å². The Bertz CT molecular complexity index is 283. The van der Waals surface area contributed by atoms with Crippen LogP contribution < -0.4 is 5.73 Å². The average molecular weight is 179 g/mol. The van der Waals surface area contributed by atoms with E-state index in [1.54, 1.807) is 12.1 Å². The predicted molar refractivity (Wildman–Crippen MR) is 54.7 cm³/mol. The van der Waals surface area contributed by atoms with E-state index in [1.807, 2.05) is 13.0 Å². The number of aromatic hydroxyl groups is 1. The summed E-state index contributed by atoms with van der Waals surface area (Å²) in [5.74, 6) is 0.302. The molecule has 0 aliphatic heterocycles. The fourth-order valence-electron chi connectivity index (χ4n) is 1.47. The molecular formula is C11H17NO. The van der Waals surface area contributed by atoms with Gasteiger partial charge in [0.15, 0.2) is 0 Å². The van der Waals surface area contributed by atoms with Crippen molar-refractivity contribution in [3.05, 3.63) is 29.3 Å². The van der Waals surface area contributed by atoms with Crippen LogP contribution in [-0.4, -0.2) is 5.11 Å². The van der Waals surface area contributed by atoms with Crippen LogP contribution in [0.4, 0.5) is 0 Å². The number of rotatable bonds is 3. The molecule has 1 aromatic carbocycles. The minimum Gasteiger partial charge on any atom is -0.508 e. The van der Waals surface area contributed by atoms with E-state index in [4.69, 9.17) is 5.73 Å². The van der Waals surface area contributed by atoms with Crippen LogP contribution in [-0.2, 0) is 6.42 Å². The van der Waals surface area contributed by atoms with E-state index >= 15 is 0 Å². The molecule has 13 heavy (non-hydrogen) atoms. The van der Waals surface area contributed by atoms with Crippen molar-refractivity contribution >= 4 is 0 Å². The second-order valence-electron chi connectivity index (χ2n) is 3.25. The SMILES string of the molecule is CCc1ccc(O)cc1[C@@H](N)CC. The predicted octanol–water partition coefficient (Wildman–Crippen LogP) is 2.36. The first kappa shape index (κ1) is 10.1. The lowest BCUT2D eigenvalue weighted by atomic mass is 9.97. The van der Waals surface area contributed by atoms with Gasteiger partial charge in [0, 0.05) is 6.04 Å². The molecule has 0 aliphatic rings. The van der Waals surface area contributed by atoms with Crippen LogP contribution in [0.2, 0.25) is 0 Å². The van der Waals surface area contributed by atoms with Gasteiger partial charge in [-0.1, -0.05) is 19.9 Å². The number of aryl methyl sites for hydroxylation is 1. The first-order valence-corrected chi connectivity index (χ1v) is 4.76. The summed E-state index contributed by atoms with van der Waals surface area (Å²) >= 11 is 0. The highest BCUT2D eigenvalue weighted by Crippen LogP contribution is 2.23. The van der Waals surface area contributed by atoms with Crippen molar-refractivity contribution < 1.29 is 5.11 Å². The topological polar surface area (TPSA) is 46.2 Å². The van der Waals surface area contributed by atoms with Crippen molar-refractivity contribution in [2.24, 2.45) is 5.73 Å². The largest absolute Gasteiger partial charge is 0.508 e. The summed E-state index contributed by atoms with van der Waals surface area (Å²) in [5.41, 5.74) is 8.23. The molecule has 0 bridgehead atoms. The van der Waals surface area contributed by atoms with E-state index in [0.717, 1.165) is 18.4 Å². The highest BCUT2D eigenvalue weighted by atomic mass is 16.3. The lowest BCUT2D eigenvalue weighted by Crippen LogP contribution is -2.10. The van der Waals surface area contributed by atoms with Gasteiger partial charge in [-0.05, 0) is 36.1 Å². The molecule has 0 spiro atoms. The Balaban J connectivity index is 3.07. The van der Waals surface area contributed by atoms with E-state index in [9.17, 15) is 5.11 Å². The number of benzene rings is 1. The zero-order valence-corrected chi connectivity index (χ0v) is 8.25. The fourth-order valence-corrected chi connectivity index (χ4v) is 1.47. The number of phenols is 1. The number of hydrogen-bond acceptors (Lipinski definition) is 2. The van der Waals surface area contributed by atoms with Crippen molar-refractivity contribution in [3.63, 3.8) is 0 Å². The summed E-state index contributed by atoms with van der Waals surface area (Å²) in [7, 11) is 0.